The van der Waals surface area contributed by atoms with E-state index in [1.807, 2.05) is 0 Å². The van der Waals surface area contributed by atoms with Crippen molar-refractivity contribution in [3.8, 4) is 0 Å². The van der Waals surface area contributed by atoms with Crippen LogP contribution in [0.2, 0.25) is 0 Å². The van der Waals surface area contributed by atoms with Crippen LogP contribution in [0.3, 0.4) is 0 Å². The molecule has 2 aliphatic heterocycles. The molecule has 0 spiro atoms. The average molecular weight is 242 g/mol. The molecule has 18 heavy (non-hydrogen) atoms. The second-order valence-electron chi connectivity index (χ2n) is 5.66. The van der Waals surface area contributed by atoms with Crippen LogP contribution in [0.15, 0.2) is 24.3 Å². The van der Waals surface area contributed by atoms with Crippen LogP contribution in [0, 0.1) is 0 Å². The van der Waals surface area contributed by atoms with Crippen molar-refractivity contribution in [2.45, 2.75) is 37.8 Å². The van der Waals surface area contributed by atoms with Gasteiger partial charge in [0.15, 0.2) is 0 Å². The predicted molar refractivity (Wildman–Crippen MR) is 70.6 cm³/mol. The quantitative estimate of drug-likeness (QED) is 0.750. The van der Waals surface area contributed by atoms with Gasteiger partial charge in [0.25, 0.3) is 0 Å². The molecule has 3 heteroatoms. The van der Waals surface area contributed by atoms with Gasteiger partial charge in [-0.15, -0.1) is 0 Å². The van der Waals surface area contributed by atoms with Crippen LogP contribution in [-0.2, 0) is 11.2 Å². The molecule has 0 radical (unpaired) electrons. The van der Waals surface area contributed by atoms with Crippen molar-refractivity contribution in [1.82, 2.24) is 4.90 Å². The highest BCUT2D eigenvalue weighted by Gasteiger charge is 2.42. The van der Waals surface area contributed by atoms with E-state index >= 15 is 0 Å². The number of anilines is 1. The number of rotatable bonds is 1. The van der Waals surface area contributed by atoms with Gasteiger partial charge in [0, 0.05) is 31.2 Å². The molecule has 1 saturated carbocycles. The van der Waals surface area contributed by atoms with Gasteiger partial charge in [-0.25, -0.2) is 0 Å². The molecule has 94 valence electrons. The number of fused-ring (bicyclic) bond motifs is 3. The lowest BCUT2D eigenvalue weighted by molar-refractivity contribution is -0.132. The molecule has 2 heterocycles. The number of nitrogens with zero attached hydrogens (tertiary/aromatic N) is 2. The van der Waals surface area contributed by atoms with Gasteiger partial charge >= 0.3 is 0 Å². The Morgan fingerprint density at radius 1 is 1.06 bits per heavy atom. The number of para-hydroxylation sites is 1. The van der Waals surface area contributed by atoms with E-state index in [-0.39, 0.29) is 6.04 Å². The van der Waals surface area contributed by atoms with Crippen LogP contribution >= 0.6 is 0 Å². The maximum absolute atomic E-state index is 12.7. The molecular formula is C15H18N2O. The first-order valence-corrected chi connectivity index (χ1v) is 6.99. The molecule has 4 rings (SSSR count). The Bertz CT molecular complexity index is 495. The molecule has 3 nitrogen and oxygen atoms in total. The summed E-state index contributed by atoms with van der Waals surface area (Å²) in [6.07, 6.45) is 4.43. The zero-order valence-electron chi connectivity index (χ0n) is 10.5. The topological polar surface area (TPSA) is 23.6 Å². The summed E-state index contributed by atoms with van der Waals surface area (Å²) >= 11 is 0. The number of hydrogen-bond acceptors (Lipinski definition) is 2. The fourth-order valence-electron chi connectivity index (χ4n) is 3.41. The number of hydrogen-bond donors (Lipinski definition) is 0. The second-order valence-corrected chi connectivity index (χ2v) is 5.66. The molecule has 1 aromatic carbocycles. The van der Waals surface area contributed by atoms with Crippen molar-refractivity contribution in [2.24, 2.45) is 0 Å². The predicted octanol–water partition coefficient (Wildman–Crippen LogP) is 1.81. The Balaban J connectivity index is 1.68. The van der Waals surface area contributed by atoms with Crippen molar-refractivity contribution < 1.29 is 4.79 Å². The van der Waals surface area contributed by atoms with Gasteiger partial charge in [-0.3, -0.25) is 4.79 Å². The second kappa shape index (κ2) is 3.74. The van der Waals surface area contributed by atoms with Gasteiger partial charge < -0.3 is 9.80 Å². The average Bonchev–Trinajstić information content (AvgIpc) is 3.17. The molecular weight excluding hydrogens is 224 g/mol. The van der Waals surface area contributed by atoms with E-state index in [9.17, 15) is 4.79 Å². The number of carbonyl (C=O) groups is 1. The summed E-state index contributed by atoms with van der Waals surface area (Å²) in [5, 5.41) is 0. The fourth-order valence-corrected chi connectivity index (χ4v) is 3.41. The van der Waals surface area contributed by atoms with E-state index in [0.29, 0.717) is 11.9 Å². The summed E-state index contributed by atoms with van der Waals surface area (Å²) in [4.78, 5) is 17.1. The third-order valence-electron chi connectivity index (χ3n) is 4.44. The van der Waals surface area contributed by atoms with Gasteiger partial charge in [-0.2, -0.15) is 0 Å². The molecule has 0 bridgehead atoms. The Morgan fingerprint density at radius 2 is 1.83 bits per heavy atom. The van der Waals surface area contributed by atoms with Crippen LogP contribution in [0.4, 0.5) is 5.69 Å². The Labute approximate surface area is 107 Å². The Kier molecular flexibility index (Phi) is 2.16. The molecule has 1 aliphatic carbocycles. The van der Waals surface area contributed by atoms with E-state index < -0.39 is 0 Å². The maximum atomic E-state index is 12.7. The highest BCUT2D eigenvalue weighted by atomic mass is 16.2. The van der Waals surface area contributed by atoms with E-state index in [2.05, 4.69) is 34.1 Å². The van der Waals surface area contributed by atoms with Crippen molar-refractivity contribution in [2.75, 3.05) is 18.0 Å². The van der Waals surface area contributed by atoms with Crippen LogP contribution < -0.4 is 4.90 Å². The third kappa shape index (κ3) is 1.46. The monoisotopic (exact) mass is 242 g/mol. The lowest BCUT2D eigenvalue weighted by atomic mass is 10.1. The van der Waals surface area contributed by atoms with E-state index in [1.54, 1.807) is 0 Å². The molecule has 2 fully saturated rings. The molecule has 3 aliphatic rings. The highest BCUT2D eigenvalue weighted by molar-refractivity contribution is 5.89. The number of amides is 1. The van der Waals surface area contributed by atoms with Crippen LogP contribution in [0.5, 0.6) is 0 Å². The summed E-state index contributed by atoms with van der Waals surface area (Å²) in [6, 6.07) is 9.11. The smallest absolute Gasteiger partial charge is 0.245 e. The van der Waals surface area contributed by atoms with Gasteiger partial charge in [-0.05, 0) is 30.9 Å². The largest absolute Gasteiger partial charge is 0.359 e. The van der Waals surface area contributed by atoms with Crippen molar-refractivity contribution >= 4 is 11.6 Å². The normalized spacial score (nSPS) is 26.9. The van der Waals surface area contributed by atoms with Crippen molar-refractivity contribution in [3.05, 3.63) is 29.8 Å². The van der Waals surface area contributed by atoms with E-state index in [4.69, 9.17) is 0 Å². The molecule has 1 saturated heterocycles. The van der Waals surface area contributed by atoms with Gasteiger partial charge in [0.1, 0.15) is 6.04 Å². The Morgan fingerprint density at radius 3 is 2.67 bits per heavy atom. The molecule has 1 atom stereocenters. The summed E-state index contributed by atoms with van der Waals surface area (Å²) < 4.78 is 0. The lowest BCUT2D eigenvalue weighted by Crippen LogP contribution is -2.45. The lowest BCUT2D eigenvalue weighted by Gasteiger charge is -2.26. The first-order valence-electron chi connectivity index (χ1n) is 6.99. The van der Waals surface area contributed by atoms with Crippen LogP contribution in [0.25, 0.3) is 0 Å². The standard InChI is InChI=1S/C15H18N2O/c18-15-14-10-11-4-1-2-5-13(11)17(14)9-3-8-16(15)12-6-7-12/h1-2,4-5,12,14H,3,6-10H2. The third-order valence-corrected chi connectivity index (χ3v) is 4.44. The summed E-state index contributed by atoms with van der Waals surface area (Å²) in [7, 11) is 0. The van der Waals surface area contributed by atoms with E-state index in [0.717, 1.165) is 25.9 Å². The van der Waals surface area contributed by atoms with Crippen molar-refractivity contribution in [1.29, 1.82) is 0 Å². The number of carbonyl (C=O) groups excluding carboxylic acids is 1. The number of benzene rings is 1. The SMILES string of the molecule is O=C1C2Cc3ccccc3N2CCCN1C1CC1. The fraction of sp³-hybridized carbons (Fsp3) is 0.533. The highest BCUT2D eigenvalue weighted by Crippen LogP contribution is 2.36. The van der Waals surface area contributed by atoms with Crippen LogP contribution in [0.1, 0.15) is 24.8 Å². The van der Waals surface area contributed by atoms with Gasteiger partial charge in [-0.1, -0.05) is 18.2 Å². The first kappa shape index (κ1) is 10.4. The van der Waals surface area contributed by atoms with Gasteiger partial charge in [0.05, 0.1) is 0 Å². The van der Waals surface area contributed by atoms with E-state index in [1.165, 1.54) is 24.1 Å². The zero-order valence-corrected chi connectivity index (χ0v) is 10.5. The molecule has 1 unspecified atom stereocenters. The van der Waals surface area contributed by atoms with Gasteiger partial charge in [0.2, 0.25) is 5.91 Å². The molecule has 1 amide bonds. The maximum Gasteiger partial charge on any atom is 0.245 e. The minimum Gasteiger partial charge on any atom is -0.359 e. The summed E-state index contributed by atoms with van der Waals surface area (Å²) in [6.45, 7) is 1.98. The summed E-state index contributed by atoms with van der Waals surface area (Å²) in [5.74, 6) is 0.367. The Hall–Kier alpha value is -1.51. The summed E-state index contributed by atoms with van der Waals surface area (Å²) in [5.41, 5.74) is 2.63. The first-order chi connectivity index (χ1) is 8.84. The minimum absolute atomic E-state index is 0.0745. The zero-order chi connectivity index (χ0) is 12.1. The van der Waals surface area contributed by atoms with Crippen LogP contribution in [-0.4, -0.2) is 36.0 Å². The molecule has 0 N–H and O–H groups in total. The molecule has 0 aromatic heterocycles. The van der Waals surface area contributed by atoms with Crippen molar-refractivity contribution in [3.63, 3.8) is 0 Å². The molecule has 1 aromatic rings. The minimum atomic E-state index is 0.0745.